The van der Waals surface area contributed by atoms with Crippen LogP contribution in [0.15, 0.2) is 71.7 Å². The van der Waals surface area contributed by atoms with Gasteiger partial charge in [-0.1, -0.05) is 30.3 Å². The third-order valence-corrected chi connectivity index (χ3v) is 5.54. The molecule has 0 atom stereocenters. The zero-order valence-corrected chi connectivity index (χ0v) is 17.3. The molecular weight excluding hydrogens is 408 g/mol. The van der Waals surface area contributed by atoms with Gasteiger partial charge in [0.05, 0.1) is 19.0 Å². The molecule has 1 aliphatic rings. The average molecular weight is 430 g/mol. The largest absolute Gasteiger partial charge is 0.459 e. The number of aromatic nitrogens is 3. The van der Waals surface area contributed by atoms with Crippen molar-refractivity contribution in [3.05, 3.63) is 73.1 Å². The maximum absolute atomic E-state index is 12.9. The Labute approximate surface area is 184 Å². The smallest absolute Gasteiger partial charge is 0.289 e. The third-order valence-electron chi connectivity index (χ3n) is 5.54. The van der Waals surface area contributed by atoms with Gasteiger partial charge in [-0.05, 0) is 12.1 Å². The number of piperazine rings is 1. The van der Waals surface area contributed by atoms with E-state index in [1.54, 1.807) is 34.3 Å². The molecule has 4 aromatic rings. The van der Waals surface area contributed by atoms with Gasteiger partial charge in [-0.25, -0.2) is 4.98 Å². The van der Waals surface area contributed by atoms with Crippen LogP contribution in [0.4, 0.5) is 5.82 Å². The van der Waals surface area contributed by atoms with Crippen LogP contribution in [0.2, 0.25) is 0 Å². The number of carbonyl (C=O) groups is 2. The Kier molecular flexibility index (Phi) is 5.29. The van der Waals surface area contributed by atoms with Crippen LogP contribution in [0, 0.1) is 0 Å². The first kappa shape index (κ1) is 19.8. The summed E-state index contributed by atoms with van der Waals surface area (Å²) in [7, 11) is 0. The van der Waals surface area contributed by atoms with E-state index in [4.69, 9.17) is 4.42 Å². The van der Waals surface area contributed by atoms with Crippen molar-refractivity contribution in [2.45, 2.75) is 0 Å². The molecule has 1 N–H and O–H groups in total. The number of imidazole rings is 1. The van der Waals surface area contributed by atoms with Crippen LogP contribution in [0.3, 0.4) is 0 Å². The van der Waals surface area contributed by atoms with Crippen molar-refractivity contribution in [1.29, 1.82) is 0 Å². The summed E-state index contributed by atoms with van der Waals surface area (Å²) >= 11 is 0. The highest BCUT2D eigenvalue weighted by Crippen LogP contribution is 2.28. The molecule has 0 aliphatic carbocycles. The number of rotatable bonds is 5. The minimum absolute atomic E-state index is 0.0295. The molecule has 162 valence electrons. The van der Waals surface area contributed by atoms with Crippen LogP contribution >= 0.6 is 0 Å². The third kappa shape index (κ3) is 3.80. The fraction of sp³-hybridized carbons (Fsp3) is 0.217. The molecule has 4 heterocycles. The molecule has 32 heavy (non-hydrogen) atoms. The SMILES string of the molecule is O=C(CNc1c(-c2ccccc2)nc2cnccn12)N1CCN(C(=O)c2ccco2)CC1. The van der Waals surface area contributed by atoms with Gasteiger partial charge in [0.2, 0.25) is 5.91 Å². The number of hydrogen-bond donors (Lipinski definition) is 1. The number of amides is 2. The monoisotopic (exact) mass is 430 g/mol. The van der Waals surface area contributed by atoms with Gasteiger partial charge in [-0.15, -0.1) is 0 Å². The molecule has 0 radical (unpaired) electrons. The van der Waals surface area contributed by atoms with Crippen LogP contribution in [0.1, 0.15) is 10.6 Å². The minimum atomic E-state index is -0.146. The molecule has 0 saturated carbocycles. The molecule has 0 spiro atoms. The molecule has 1 aliphatic heterocycles. The van der Waals surface area contributed by atoms with Gasteiger partial charge >= 0.3 is 0 Å². The lowest BCUT2D eigenvalue weighted by atomic mass is 10.1. The molecule has 0 unspecified atom stereocenters. The highest BCUT2D eigenvalue weighted by atomic mass is 16.3. The fourth-order valence-electron chi connectivity index (χ4n) is 3.86. The van der Waals surface area contributed by atoms with Crippen LogP contribution in [-0.2, 0) is 4.79 Å². The molecule has 0 bridgehead atoms. The van der Waals surface area contributed by atoms with Gasteiger partial charge in [0, 0.05) is 44.1 Å². The second-order valence-electron chi connectivity index (χ2n) is 7.48. The number of nitrogens with zero attached hydrogens (tertiary/aromatic N) is 5. The summed E-state index contributed by atoms with van der Waals surface area (Å²) in [4.78, 5) is 37.6. The second-order valence-corrected chi connectivity index (χ2v) is 7.48. The Bertz CT molecular complexity index is 1230. The first-order valence-corrected chi connectivity index (χ1v) is 10.4. The molecule has 5 rings (SSSR count). The molecule has 1 saturated heterocycles. The Balaban J connectivity index is 1.26. The first-order valence-electron chi connectivity index (χ1n) is 10.4. The van der Waals surface area contributed by atoms with E-state index in [-0.39, 0.29) is 18.4 Å². The number of nitrogens with one attached hydrogen (secondary N) is 1. The molecule has 9 heteroatoms. The molecule has 3 aromatic heterocycles. The number of carbonyl (C=O) groups excluding carboxylic acids is 2. The van der Waals surface area contributed by atoms with E-state index in [2.05, 4.69) is 15.3 Å². The van der Waals surface area contributed by atoms with E-state index in [1.165, 1.54) is 6.26 Å². The van der Waals surface area contributed by atoms with Crippen molar-refractivity contribution < 1.29 is 14.0 Å². The highest BCUT2D eigenvalue weighted by molar-refractivity contribution is 5.91. The first-order chi connectivity index (χ1) is 15.7. The van der Waals surface area contributed by atoms with Gasteiger partial charge < -0.3 is 19.5 Å². The maximum Gasteiger partial charge on any atom is 0.289 e. The van der Waals surface area contributed by atoms with Crippen molar-refractivity contribution in [2.24, 2.45) is 0 Å². The number of anilines is 1. The summed E-state index contributed by atoms with van der Waals surface area (Å²) in [6.07, 6.45) is 6.68. The van der Waals surface area contributed by atoms with Gasteiger partial charge in [0.25, 0.3) is 5.91 Å². The van der Waals surface area contributed by atoms with Crippen LogP contribution in [0.5, 0.6) is 0 Å². The summed E-state index contributed by atoms with van der Waals surface area (Å²) in [6.45, 7) is 2.04. The minimum Gasteiger partial charge on any atom is -0.459 e. The van der Waals surface area contributed by atoms with E-state index >= 15 is 0 Å². The lowest BCUT2D eigenvalue weighted by Crippen LogP contribution is -2.51. The Morgan fingerprint density at radius 1 is 1.00 bits per heavy atom. The van der Waals surface area contributed by atoms with Crippen LogP contribution < -0.4 is 5.32 Å². The summed E-state index contributed by atoms with van der Waals surface area (Å²) in [5.41, 5.74) is 2.42. The molecule has 1 fully saturated rings. The molecule has 9 nitrogen and oxygen atoms in total. The number of furan rings is 1. The highest BCUT2D eigenvalue weighted by Gasteiger charge is 2.26. The zero-order valence-electron chi connectivity index (χ0n) is 17.3. The fourth-order valence-corrected chi connectivity index (χ4v) is 3.86. The van der Waals surface area contributed by atoms with Crippen molar-refractivity contribution in [3.8, 4) is 11.3 Å². The number of hydrogen-bond acceptors (Lipinski definition) is 6. The van der Waals surface area contributed by atoms with Crippen LogP contribution in [0.25, 0.3) is 16.9 Å². The Morgan fingerprint density at radius 3 is 2.53 bits per heavy atom. The molecule has 1 aromatic carbocycles. The Hall–Kier alpha value is -4.14. The van der Waals surface area contributed by atoms with Gasteiger partial charge in [-0.3, -0.25) is 19.0 Å². The average Bonchev–Trinajstić information content (AvgIpc) is 3.51. The Morgan fingerprint density at radius 2 is 1.78 bits per heavy atom. The van der Waals surface area contributed by atoms with Crippen molar-refractivity contribution in [3.63, 3.8) is 0 Å². The summed E-state index contributed by atoms with van der Waals surface area (Å²) < 4.78 is 7.08. The predicted octanol–water partition coefficient (Wildman–Crippen LogP) is 2.39. The predicted molar refractivity (Wildman–Crippen MR) is 118 cm³/mol. The van der Waals surface area contributed by atoms with Crippen LogP contribution in [-0.4, -0.2) is 68.7 Å². The lowest BCUT2D eigenvalue weighted by Gasteiger charge is -2.34. The zero-order chi connectivity index (χ0) is 21.9. The number of fused-ring (bicyclic) bond motifs is 1. The van der Waals surface area contributed by atoms with Gasteiger partial charge in [0.1, 0.15) is 11.5 Å². The topological polar surface area (TPSA) is 96.0 Å². The summed E-state index contributed by atoms with van der Waals surface area (Å²) in [5.74, 6) is 0.890. The molecule has 2 amide bonds. The van der Waals surface area contributed by atoms with Crippen molar-refractivity contribution >= 4 is 23.3 Å². The number of benzene rings is 1. The van der Waals surface area contributed by atoms with E-state index < -0.39 is 0 Å². The maximum atomic E-state index is 12.9. The van der Waals surface area contributed by atoms with E-state index in [1.807, 2.05) is 40.9 Å². The second kappa shape index (κ2) is 8.54. The van der Waals surface area contributed by atoms with E-state index in [9.17, 15) is 9.59 Å². The van der Waals surface area contributed by atoms with Gasteiger partial charge in [-0.2, -0.15) is 0 Å². The standard InChI is InChI=1S/C23H22N6O3/c30-20(27-10-12-28(13-11-27)23(31)18-7-4-14-32-18)16-25-22-21(17-5-2-1-3-6-17)26-19-15-24-8-9-29(19)22/h1-9,14-15,25H,10-13,16H2. The quantitative estimate of drug-likeness (QED) is 0.522. The summed E-state index contributed by atoms with van der Waals surface area (Å²) in [6, 6.07) is 13.2. The molecular formula is C23H22N6O3. The normalized spacial score (nSPS) is 14.0. The van der Waals surface area contributed by atoms with E-state index in [0.717, 1.165) is 17.1 Å². The lowest BCUT2D eigenvalue weighted by molar-refractivity contribution is -0.130. The van der Waals surface area contributed by atoms with Gasteiger partial charge in [0.15, 0.2) is 11.4 Å². The van der Waals surface area contributed by atoms with E-state index in [0.29, 0.717) is 37.6 Å². The van der Waals surface area contributed by atoms with Crippen molar-refractivity contribution in [1.82, 2.24) is 24.2 Å². The van der Waals surface area contributed by atoms with Crippen molar-refractivity contribution in [2.75, 3.05) is 38.0 Å². The summed E-state index contributed by atoms with van der Waals surface area (Å²) in [5, 5.41) is 3.27.